The van der Waals surface area contributed by atoms with Gasteiger partial charge in [-0.25, -0.2) is 15.8 Å². The van der Waals surface area contributed by atoms with Gasteiger partial charge in [-0.15, -0.1) is 5.10 Å². The van der Waals surface area contributed by atoms with E-state index in [1.54, 1.807) is 4.68 Å². The molecule has 20 heavy (non-hydrogen) atoms. The number of nitrogens with two attached hydrogens (primary N) is 1. The van der Waals surface area contributed by atoms with Crippen molar-refractivity contribution in [2.75, 3.05) is 5.43 Å². The Morgan fingerprint density at radius 2 is 2.10 bits per heavy atom. The lowest BCUT2D eigenvalue weighted by Crippen LogP contribution is -2.15. The Hall–Kier alpha value is -2.54. The number of hydrogen-bond acceptors (Lipinski definition) is 6. The van der Waals surface area contributed by atoms with E-state index in [9.17, 15) is 0 Å². The number of anilines is 1. The van der Waals surface area contributed by atoms with E-state index in [1.165, 1.54) is 6.33 Å². The Kier molecular flexibility index (Phi) is 3.26. The third-order valence-corrected chi connectivity index (χ3v) is 3.11. The van der Waals surface area contributed by atoms with Crippen LogP contribution in [0.15, 0.2) is 30.6 Å². The van der Waals surface area contributed by atoms with Crippen LogP contribution >= 0.6 is 0 Å². The van der Waals surface area contributed by atoms with E-state index < -0.39 is 0 Å². The maximum Gasteiger partial charge on any atom is 0.164 e. The summed E-state index contributed by atoms with van der Waals surface area (Å²) in [6, 6.07) is 7.76. The molecule has 0 amide bonds. The average molecular weight is 269 g/mol. The van der Waals surface area contributed by atoms with Gasteiger partial charge < -0.3 is 5.43 Å². The quantitative estimate of drug-likeness (QED) is 0.550. The van der Waals surface area contributed by atoms with Crippen molar-refractivity contribution >= 4 is 16.9 Å². The maximum absolute atomic E-state index is 5.53. The van der Waals surface area contributed by atoms with E-state index in [0.717, 1.165) is 29.4 Å². The monoisotopic (exact) mass is 269 g/mol. The smallest absolute Gasteiger partial charge is 0.164 e. The number of para-hydroxylation sites is 1. The summed E-state index contributed by atoms with van der Waals surface area (Å²) in [5, 5.41) is 8.34. The summed E-state index contributed by atoms with van der Waals surface area (Å²) in [7, 11) is 0. The number of hydrogen-bond donors (Lipinski definition) is 2. The fourth-order valence-corrected chi connectivity index (χ4v) is 2.22. The van der Waals surface area contributed by atoms with Crippen LogP contribution in [0.3, 0.4) is 0 Å². The first kappa shape index (κ1) is 12.5. The van der Waals surface area contributed by atoms with Crippen molar-refractivity contribution in [1.82, 2.24) is 25.0 Å². The highest BCUT2D eigenvalue weighted by Crippen LogP contribution is 2.22. The summed E-state index contributed by atoms with van der Waals surface area (Å²) in [6.07, 6.45) is 3.24. The third kappa shape index (κ3) is 1.97. The van der Waals surface area contributed by atoms with Crippen LogP contribution in [0.1, 0.15) is 18.9 Å². The number of rotatable bonds is 4. The largest absolute Gasteiger partial charge is 0.308 e. The van der Waals surface area contributed by atoms with Crippen LogP contribution in [0.5, 0.6) is 0 Å². The third-order valence-electron chi connectivity index (χ3n) is 3.11. The fourth-order valence-electron chi connectivity index (χ4n) is 2.22. The van der Waals surface area contributed by atoms with Crippen LogP contribution in [-0.4, -0.2) is 25.0 Å². The maximum atomic E-state index is 5.53. The van der Waals surface area contributed by atoms with Crippen molar-refractivity contribution in [1.29, 1.82) is 0 Å². The molecule has 7 heteroatoms. The number of benzene rings is 1. The lowest BCUT2D eigenvalue weighted by atomic mass is 10.1. The standard InChI is InChI=1S/C13H15N7/c1-2-5-9-12(17-14)15-8-16-13(9)20-11-7-4-3-6-10(11)18-19-20/h3-4,6-8H,2,5,14H2,1H3,(H,15,16,17). The Bertz CT molecular complexity index is 734. The Morgan fingerprint density at radius 1 is 1.25 bits per heavy atom. The van der Waals surface area contributed by atoms with Crippen LogP contribution in [0.25, 0.3) is 16.9 Å². The first-order valence-electron chi connectivity index (χ1n) is 6.46. The van der Waals surface area contributed by atoms with Crippen LogP contribution in [0, 0.1) is 0 Å². The topological polar surface area (TPSA) is 94.5 Å². The van der Waals surface area contributed by atoms with Crippen molar-refractivity contribution in [3.8, 4) is 5.82 Å². The molecular formula is C13H15N7. The number of nitrogens with zero attached hydrogens (tertiary/aromatic N) is 5. The van der Waals surface area contributed by atoms with Gasteiger partial charge in [-0.05, 0) is 18.6 Å². The summed E-state index contributed by atoms with van der Waals surface area (Å²) >= 11 is 0. The highest BCUT2D eigenvalue weighted by molar-refractivity contribution is 5.76. The molecule has 0 saturated heterocycles. The molecule has 3 rings (SSSR count). The van der Waals surface area contributed by atoms with Crippen molar-refractivity contribution in [2.45, 2.75) is 19.8 Å². The molecule has 0 unspecified atom stereocenters. The average Bonchev–Trinajstić information content (AvgIpc) is 2.92. The molecule has 102 valence electrons. The van der Waals surface area contributed by atoms with Gasteiger partial charge in [-0.2, -0.15) is 4.68 Å². The molecule has 0 aliphatic heterocycles. The normalized spacial score (nSPS) is 10.9. The second-order valence-electron chi connectivity index (χ2n) is 4.41. The summed E-state index contributed by atoms with van der Waals surface area (Å²) in [4.78, 5) is 8.51. The summed E-state index contributed by atoms with van der Waals surface area (Å²) in [5.41, 5.74) is 5.29. The number of nitrogens with one attached hydrogen (secondary N) is 1. The fraction of sp³-hybridized carbons (Fsp3) is 0.231. The van der Waals surface area contributed by atoms with E-state index in [4.69, 9.17) is 5.84 Å². The molecule has 0 saturated carbocycles. The zero-order chi connectivity index (χ0) is 13.9. The molecule has 2 heterocycles. The second-order valence-corrected chi connectivity index (χ2v) is 4.41. The summed E-state index contributed by atoms with van der Waals surface area (Å²) < 4.78 is 1.73. The molecule has 0 radical (unpaired) electrons. The Morgan fingerprint density at radius 3 is 2.90 bits per heavy atom. The minimum Gasteiger partial charge on any atom is -0.308 e. The zero-order valence-electron chi connectivity index (χ0n) is 11.1. The molecule has 0 spiro atoms. The van der Waals surface area contributed by atoms with E-state index in [1.807, 2.05) is 24.3 Å². The lowest BCUT2D eigenvalue weighted by Gasteiger charge is -2.11. The number of nitrogen functional groups attached to an aromatic ring is 1. The van der Waals surface area contributed by atoms with Gasteiger partial charge in [0.1, 0.15) is 17.7 Å². The van der Waals surface area contributed by atoms with Crippen LogP contribution in [0.2, 0.25) is 0 Å². The first-order valence-corrected chi connectivity index (χ1v) is 6.46. The predicted octanol–water partition coefficient (Wildman–Crippen LogP) is 1.45. The highest BCUT2D eigenvalue weighted by Gasteiger charge is 2.15. The van der Waals surface area contributed by atoms with Crippen LogP contribution < -0.4 is 11.3 Å². The van der Waals surface area contributed by atoms with Crippen LogP contribution in [-0.2, 0) is 6.42 Å². The van der Waals surface area contributed by atoms with Gasteiger partial charge in [0.15, 0.2) is 5.82 Å². The zero-order valence-corrected chi connectivity index (χ0v) is 11.1. The van der Waals surface area contributed by atoms with E-state index in [-0.39, 0.29) is 0 Å². The first-order chi connectivity index (χ1) is 9.85. The summed E-state index contributed by atoms with van der Waals surface area (Å²) in [5.74, 6) is 6.86. The number of fused-ring (bicyclic) bond motifs is 1. The van der Waals surface area contributed by atoms with Gasteiger partial charge in [-0.3, -0.25) is 0 Å². The molecule has 0 fully saturated rings. The van der Waals surface area contributed by atoms with Gasteiger partial charge in [0.2, 0.25) is 0 Å². The molecule has 0 bridgehead atoms. The molecule has 0 atom stereocenters. The molecule has 2 aromatic heterocycles. The molecule has 0 aliphatic rings. The molecular weight excluding hydrogens is 254 g/mol. The van der Waals surface area contributed by atoms with E-state index in [0.29, 0.717) is 11.6 Å². The summed E-state index contributed by atoms with van der Waals surface area (Å²) in [6.45, 7) is 2.09. The highest BCUT2D eigenvalue weighted by atomic mass is 15.4. The van der Waals surface area contributed by atoms with Crippen molar-refractivity contribution in [3.63, 3.8) is 0 Å². The number of hydrazine groups is 1. The Labute approximate surface area is 115 Å². The minimum atomic E-state index is 0.622. The predicted molar refractivity (Wildman–Crippen MR) is 76.3 cm³/mol. The van der Waals surface area contributed by atoms with Crippen LogP contribution in [0.4, 0.5) is 5.82 Å². The molecule has 0 aliphatic carbocycles. The molecule has 1 aromatic carbocycles. The van der Waals surface area contributed by atoms with Gasteiger partial charge in [-0.1, -0.05) is 30.7 Å². The van der Waals surface area contributed by atoms with Gasteiger partial charge in [0.25, 0.3) is 0 Å². The van der Waals surface area contributed by atoms with Gasteiger partial charge >= 0.3 is 0 Å². The van der Waals surface area contributed by atoms with E-state index in [2.05, 4.69) is 32.6 Å². The van der Waals surface area contributed by atoms with Gasteiger partial charge in [0, 0.05) is 5.56 Å². The minimum absolute atomic E-state index is 0.622. The molecule has 3 aromatic rings. The van der Waals surface area contributed by atoms with Crippen molar-refractivity contribution < 1.29 is 0 Å². The van der Waals surface area contributed by atoms with Gasteiger partial charge in [0.05, 0.1) is 5.52 Å². The van der Waals surface area contributed by atoms with Crippen molar-refractivity contribution in [3.05, 3.63) is 36.2 Å². The number of aromatic nitrogens is 5. The van der Waals surface area contributed by atoms with E-state index >= 15 is 0 Å². The van der Waals surface area contributed by atoms with Crippen molar-refractivity contribution in [2.24, 2.45) is 5.84 Å². The Balaban J connectivity index is 2.23. The SMILES string of the molecule is CCCc1c(NN)ncnc1-n1nnc2ccccc21. The molecule has 3 N–H and O–H groups in total. The molecule has 7 nitrogen and oxygen atoms in total. The lowest BCUT2D eigenvalue weighted by molar-refractivity contribution is 0.772. The second kappa shape index (κ2) is 5.22.